The molecule has 0 spiro atoms. The Morgan fingerprint density at radius 1 is 1.23 bits per heavy atom. The maximum Gasteiger partial charge on any atom is 0.280 e. The van der Waals surface area contributed by atoms with Crippen molar-refractivity contribution in [1.82, 2.24) is 10.3 Å². The average molecular weight is 387 g/mol. The van der Waals surface area contributed by atoms with E-state index in [4.69, 9.17) is 4.74 Å². The number of nitrogens with zero attached hydrogens (tertiary/aromatic N) is 1. The third kappa shape index (κ3) is 4.30. The number of hydrogen-bond donors (Lipinski definition) is 1. The van der Waals surface area contributed by atoms with Gasteiger partial charge in [-0.3, -0.25) is 4.79 Å². The van der Waals surface area contributed by atoms with Crippen molar-refractivity contribution in [2.45, 2.75) is 57.4 Å². The fraction of sp³-hybridized carbons (Fsp3) is 0.750. The van der Waals surface area contributed by atoms with Gasteiger partial charge in [0, 0.05) is 19.3 Å². The van der Waals surface area contributed by atoms with Gasteiger partial charge in [-0.15, -0.1) is 11.3 Å². The second kappa shape index (κ2) is 7.88. The number of carbonyl (C=O) groups is 1. The molecule has 22 heavy (non-hydrogen) atoms. The van der Waals surface area contributed by atoms with E-state index in [2.05, 4.69) is 26.2 Å². The monoisotopic (exact) mass is 386 g/mol. The van der Waals surface area contributed by atoms with Crippen LogP contribution in [0.1, 0.15) is 60.4 Å². The zero-order valence-corrected chi connectivity index (χ0v) is 15.2. The van der Waals surface area contributed by atoms with E-state index in [1.54, 1.807) is 0 Å². The summed E-state index contributed by atoms with van der Waals surface area (Å²) in [6, 6.07) is 0.228. The third-order valence-electron chi connectivity index (χ3n) is 4.61. The molecule has 6 heteroatoms. The quantitative estimate of drug-likeness (QED) is 0.852. The second-order valence-corrected chi connectivity index (χ2v) is 8.62. The van der Waals surface area contributed by atoms with Gasteiger partial charge >= 0.3 is 0 Å². The molecule has 0 aromatic carbocycles. The third-order valence-corrected chi connectivity index (χ3v) is 6.44. The lowest BCUT2D eigenvalue weighted by molar-refractivity contribution is 0.0696. The largest absolute Gasteiger partial charge is 0.381 e. The summed E-state index contributed by atoms with van der Waals surface area (Å²) in [7, 11) is 0. The average Bonchev–Trinajstić information content (AvgIpc) is 2.90. The predicted molar refractivity (Wildman–Crippen MR) is 91.4 cm³/mol. The van der Waals surface area contributed by atoms with Crippen molar-refractivity contribution in [3.05, 3.63) is 14.5 Å². The molecule has 0 unspecified atom stereocenters. The molecule has 0 bridgehead atoms. The van der Waals surface area contributed by atoms with Crippen molar-refractivity contribution < 1.29 is 9.53 Å². The molecule has 1 aromatic rings. The molecule has 2 fully saturated rings. The van der Waals surface area contributed by atoms with Crippen LogP contribution in [0.3, 0.4) is 0 Å². The lowest BCUT2D eigenvalue weighted by Gasteiger charge is -2.22. The van der Waals surface area contributed by atoms with E-state index in [0.717, 1.165) is 47.9 Å². The fourth-order valence-electron chi connectivity index (χ4n) is 3.31. The van der Waals surface area contributed by atoms with Gasteiger partial charge in [0.25, 0.3) is 5.91 Å². The highest BCUT2D eigenvalue weighted by Gasteiger charge is 2.22. The summed E-state index contributed by atoms with van der Waals surface area (Å²) in [6.45, 7) is 1.47. The Bertz CT molecular complexity index is 508. The van der Waals surface area contributed by atoms with Crippen LogP contribution < -0.4 is 5.32 Å². The fourth-order valence-corrected chi connectivity index (χ4v) is 4.74. The van der Waals surface area contributed by atoms with Gasteiger partial charge in [0.15, 0.2) is 5.01 Å². The molecular formula is C16H23BrN2O2S. The van der Waals surface area contributed by atoms with Crippen LogP contribution in [-0.4, -0.2) is 30.1 Å². The van der Waals surface area contributed by atoms with E-state index in [0.29, 0.717) is 5.01 Å². The Kier molecular flexibility index (Phi) is 5.88. The summed E-state index contributed by atoms with van der Waals surface area (Å²) < 4.78 is 6.35. The Hall–Kier alpha value is -0.460. The Labute approximate surface area is 144 Å². The maximum absolute atomic E-state index is 12.3. The van der Waals surface area contributed by atoms with E-state index < -0.39 is 0 Å². The van der Waals surface area contributed by atoms with Crippen LogP contribution in [0, 0.1) is 5.92 Å². The molecule has 1 saturated heterocycles. The normalized spacial score (nSPS) is 21.0. The van der Waals surface area contributed by atoms with Crippen LogP contribution >= 0.6 is 27.3 Å². The van der Waals surface area contributed by atoms with Gasteiger partial charge in [-0.05, 0) is 41.1 Å². The van der Waals surface area contributed by atoms with Gasteiger partial charge in [-0.25, -0.2) is 4.98 Å². The van der Waals surface area contributed by atoms with Gasteiger partial charge in [0.2, 0.25) is 0 Å². The number of carbonyl (C=O) groups excluding carboxylic acids is 1. The minimum absolute atomic E-state index is 0.0347. The van der Waals surface area contributed by atoms with Crippen molar-refractivity contribution >= 4 is 33.2 Å². The van der Waals surface area contributed by atoms with Gasteiger partial charge < -0.3 is 10.1 Å². The van der Waals surface area contributed by atoms with Gasteiger partial charge in [0.05, 0.1) is 9.48 Å². The van der Waals surface area contributed by atoms with Gasteiger partial charge in [0.1, 0.15) is 0 Å². The molecular weight excluding hydrogens is 364 g/mol. The zero-order valence-electron chi connectivity index (χ0n) is 12.8. The van der Waals surface area contributed by atoms with Crippen molar-refractivity contribution in [3.8, 4) is 0 Å². The zero-order chi connectivity index (χ0) is 15.4. The standard InChI is InChI=1S/C16H23BrN2O2S/c17-14-13(10-11-4-2-1-3-5-11)19-16(22-14)15(20)18-12-6-8-21-9-7-12/h11-12H,1-10H2,(H,18,20). The molecule has 1 N–H and O–H groups in total. The molecule has 1 aliphatic carbocycles. The SMILES string of the molecule is O=C(NC1CCOCC1)c1nc(CC2CCCCC2)c(Br)s1. The molecule has 2 heterocycles. The van der Waals surface area contributed by atoms with Crippen LogP contribution in [0.2, 0.25) is 0 Å². The number of nitrogens with one attached hydrogen (secondary N) is 1. The number of thiazole rings is 1. The summed E-state index contributed by atoms with van der Waals surface area (Å²) in [6.07, 6.45) is 9.43. The summed E-state index contributed by atoms with van der Waals surface area (Å²) in [4.78, 5) is 16.9. The molecule has 0 radical (unpaired) electrons. The molecule has 1 aliphatic heterocycles. The molecule has 0 atom stereocenters. The number of halogens is 1. The first kappa shape index (κ1) is 16.4. The number of amides is 1. The number of hydrogen-bond acceptors (Lipinski definition) is 4. The summed E-state index contributed by atoms with van der Waals surface area (Å²) >= 11 is 5.06. The topological polar surface area (TPSA) is 51.2 Å². The molecule has 3 rings (SSSR count). The Morgan fingerprint density at radius 3 is 2.68 bits per heavy atom. The van der Waals surface area contributed by atoms with Crippen LogP contribution in [0.4, 0.5) is 0 Å². The Balaban J connectivity index is 1.59. The lowest BCUT2D eigenvalue weighted by atomic mass is 9.86. The summed E-state index contributed by atoms with van der Waals surface area (Å²) in [5.74, 6) is 0.700. The van der Waals surface area contributed by atoms with Crippen molar-refractivity contribution in [2.24, 2.45) is 5.92 Å². The molecule has 2 aliphatic rings. The van der Waals surface area contributed by atoms with E-state index in [9.17, 15) is 4.79 Å². The summed E-state index contributed by atoms with van der Waals surface area (Å²) in [5, 5.41) is 3.67. The minimum Gasteiger partial charge on any atom is -0.381 e. The first-order valence-electron chi connectivity index (χ1n) is 8.26. The van der Waals surface area contributed by atoms with E-state index in [-0.39, 0.29) is 11.9 Å². The van der Waals surface area contributed by atoms with Crippen LogP contribution in [0.25, 0.3) is 0 Å². The highest BCUT2D eigenvalue weighted by Crippen LogP contribution is 2.32. The molecule has 1 aromatic heterocycles. The maximum atomic E-state index is 12.3. The van der Waals surface area contributed by atoms with E-state index in [1.807, 2.05) is 0 Å². The van der Waals surface area contributed by atoms with Crippen molar-refractivity contribution in [2.75, 3.05) is 13.2 Å². The highest BCUT2D eigenvalue weighted by atomic mass is 79.9. The summed E-state index contributed by atoms with van der Waals surface area (Å²) in [5.41, 5.74) is 1.06. The predicted octanol–water partition coefficient (Wildman–Crippen LogP) is 3.94. The lowest BCUT2D eigenvalue weighted by Crippen LogP contribution is -2.38. The van der Waals surface area contributed by atoms with Crippen LogP contribution in [-0.2, 0) is 11.2 Å². The van der Waals surface area contributed by atoms with Crippen LogP contribution in [0.15, 0.2) is 3.79 Å². The second-order valence-electron chi connectivity index (χ2n) is 6.31. The molecule has 122 valence electrons. The van der Waals surface area contributed by atoms with Gasteiger partial charge in [-0.2, -0.15) is 0 Å². The highest BCUT2D eigenvalue weighted by molar-refractivity contribution is 9.11. The van der Waals surface area contributed by atoms with Crippen LogP contribution in [0.5, 0.6) is 0 Å². The minimum atomic E-state index is -0.0347. The number of aromatic nitrogens is 1. The van der Waals surface area contributed by atoms with E-state index in [1.165, 1.54) is 43.4 Å². The number of rotatable bonds is 4. The van der Waals surface area contributed by atoms with Crippen molar-refractivity contribution in [3.63, 3.8) is 0 Å². The Morgan fingerprint density at radius 2 is 1.95 bits per heavy atom. The molecule has 4 nitrogen and oxygen atoms in total. The van der Waals surface area contributed by atoms with Gasteiger partial charge in [-0.1, -0.05) is 32.1 Å². The number of ether oxygens (including phenoxy) is 1. The first-order chi connectivity index (χ1) is 10.7. The molecule has 1 saturated carbocycles. The van der Waals surface area contributed by atoms with E-state index >= 15 is 0 Å². The first-order valence-corrected chi connectivity index (χ1v) is 9.87. The van der Waals surface area contributed by atoms with Crippen molar-refractivity contribution in [1.29, 1.82) is 0 Å². The smallest absolute Gasteiger partial charge is 0.280 e. The molecule has 1 amide bonds.